The molecule has 2 amide bonds. The number of urea groups is 1. The van der Waals surface area contributed by atoms with E-state index in [4.69, 9.17) is 0 Å². The summed E-state index contributed by atoms with van der Waals surface area (Å²) in [5, 5.41) is 15.6. The molecule has 1 aliphatic rings. The molecule has 1 saturated carbocycles. The van der Waals surface area contributed by atoms with Crippen LogP contribution < -0.4 is 10.6 Å². The monoisotopic (exact) mass is 256 g/mol. The van der Waals surface area contributed by atoms with E-state index in [0.717, 1.165) is 19.3 Å². The minimum Gasteiger partial charge on any atom is -0.391 e. The number of nitrogens with one attached hydrogen (secondary N) is 2. The molecule has 0 radical (unpaired) electrons. The molecule has 18 heavy (non-hydrogen) atoms. The third-order valence-electron chi connectivity index (χ3n) is 3.96. The molecule has 4 nitrogen and oxygen atoms in total. The zero-order chi connectivity index (χ0) is 13.5. The quantitative estimate of drug-likeness (QED) is 0.624. The maximum absolute atomic E-state index is 11.6. The van der Waals surface area contributed by atoms with Crippen molar-refractivity contribution in [1.29, 1.82) is 0 Å². The molecule has 0 aromatic carbocycles. The van der Waals surface area contributed by atoms with Crippen LogP contribution in [0.1, 0.15) is 52.9 Å². The Morgan fingerprint density at radius 1 is 1.33 bits per heavy atom. The predicted octanol–water partition coefficient (Wildman–Crippen LogP) is 2.27. The molecule has 1 aliphatic carbocycles. The first-order valence-electron chi connectivity index (χ1n) is 7.34. The molecule has 106 valence electrons. The van der Waals surface area contributed by atoms with Crippen LogP contribution in [0.15, 0.2) is 0 Å². The van der Waals surface area contributed by atoms with Gasteiger partial charge in [-0.15, -0.1) is 0 Å². The molecule has 0 aromatic heterocycles. The average molecular weight is 256 g/mol. The smallest absolute Gasteiger partial charge is 0.315 e. The first-order valence-corrected chi connectivity index (χ1v) is 7.34. The van der Waals surface area contributed by atoms with Crippen LogP contribution in [0.5, 0.6) is 0 Å². The van der Waals surface area contributed by atoms with Gasteiger partial charge in [0.15, 0.2) is 0 Å². The fraction of sp³-hybridized carbons (Fsp3) is 0.929. The van der Waals surface area contributed by atoms with E-state index >= 15 is 0 Å². The lowest BCUT2D eigenvalue weighted by Gasteiger charge is -2.20. The van der Waals surface area contributed by atoms with Gasteiger partial charge in [-0.2, -0.15) is 0 Å². The van der Waals surface area contributed by atoms with Crippen molar-refractivity contribution in [3.8, 4) is 0 Å². The highest BCUT2D eigenvalue weighted by Crippen LogP contribution is 2.34. The summed E-state index contributed by atoms with van der Waals surface area (Å²) in [5.74, 6) is 0.948. The minimum absolute atomic E-state index is 0.136. The molecule has 1 fully saturated rings. The van der Waals surface area contributed by atoms with Crippen LogP contribution in [0, 0.1) is 11.8 Å². The lowest BCUT2D eigenvalue weighted by atomic mass is 9.97. The van der Waals surface area contributed by atoms with E-state index in [1.165, 1.54) is 12.8 Å². The fourth-order valence-corrected chi connectivity index (χ4v) is 2.53. The summed E-state index contributed by atoms with van der Waals surface area (Å²) >= 11 is 0. The number of carbonyl (C=O) groups excluding carboxylic acids is 1. The maximum atomic E-state index is 11.6. The van der Waals surface area contributed by atoms with Crippen molar-refractivity contribution in [2.75, 3.05) is 6.54 Å². The van der Waals surface area contributed by atoms with Crippen LogP contribution in [0.2, 0.25) is 0 Å². The molecule has 0 heterocycles. The molecule has 3 N–H and O–H groups in total. The van der Waals surface area contributed by atoms with Crippen molar-refractivity contribution in [2.45, 2.75) is 65.0 Å². The van der Waals surface area contributed by atoms with Gasteiger partial charge in [0.1, 0.15) is 0 Å². The van der Waals surface area contributed by atoms with Gasteiger partial charge >= 0.3 is 6.03 Å². The molecule has 3 atom stereocenters. The van der Waals surface area contributed by atoms with Crippen molar-refractivity contribution < 1.29 is 9.90 Å². The molecule has 0 bridgehead atoms. The zero-order valence-electron chi connectivity index (χ0n) is 11.9. The predicted molar refractivity (Wildman–Crippen MR) is 73.4 cm³/mol. The maximum Gasteiger partial charge on any atom is 0.315 e. The highest BCUT2D eigenvalue weighted by molar-refractivity contribution is 5.74. The molecular formula is C14H28N2O2. The Hall–Kier alpha value is -0.770. The standard InChI is InChI=1S/C14H28N2O2/c1-4-7-11-8-12(11)16-14(18)15-9-13(17)10(5-2)6-3/h10-13,17H,4-9H2,1-3H3,(H2,15,16,18). The SMILES string of the molecule is CCCC1CC1NC(=O)NCC(O)C(CC)CC. The van der Waals surface area contributed by atoms with Crippen LogP contribution >= 0.6 is 0 Å². The summed E-state index contributed by atoms with van der Waals surface area (Å²) in [6.45, 7) is 6.65. The summed E-state index contributed by atoms with van der Waals surface area (Å²) in [4.78, 5) is 11.6. The van der Waals surface area contributed by atoms with E-state index in [-0.39, 0.29) is 11.9 Å². The van der Waals surface area contributed by atoms with Gasteiger partial charge in [0.2, 0.25) is 0 Å². The summed E-state index contributed by atoms with van der Waals surface area (Å²) in [6.07, 6.45) is 4.94. The van der Waals surface area contributed by atoms with Crippen molar-refractivity contribution in [2.24, 2.45) is 11.8 Å². The van der Waals surface area contributed by atoms with Gasteiger partial charge in [-0.05, 0) is 24.7 Å². The molecule has 0 saturated heterocycles. The second-order valence-corrected chi connectivity index (χ2v) is 5.39. The number of rotatable bonds is 8. The van der Waals surface area contributed by atoms with Gasteiger partial charge < -0.3 is 15.7 Å². The highest BCUT2D eigenvalue weighted by atomic mass is 16.3. The Morgan fingerprint density at radius 3 is 2.56 bits per heavy atom. The van der Waals surface area contributed by atoms with E-state index in [1.807, 2.05) is 0 Å². The lowest BCUT2D eigenvalue weighted by Crippen LogP contribution is -2.42. The molecule has 0 aromatic rings. The van der Waals surface area contributed by atoms with Crippen molar-refractivity contribution in [1.82, 2.24) is 10.6 Å². The Labute approximate surface area is 111 Å². The number of amides is 2. The van der Waals surface area contributed by atoms with Crippen molar-refractivity contribution >= 4 is 6.03 Å². The summed E-state index contributed by atoms with van der Waals surface area (Å²) < 4.78 is 0. The third-order valence-corrected chi connectivity index (χ3v) is 3.96. The minimum atomic E-state index is -0.434. The normalized spacial score (nSPS) is 23.8. The van der Waals surface area contributed by atoms with E-state index in [2.05, 4.69) is 31.4 Å². The van der Waals surface area contributed by atoms with Crippen molar-refractivity contribution in [3.05, 3.63) is 0 Å². The Morgan fingerprint density at radius 2 is 2.00 bits per heavy atom. The number of carbonyl (C=O) groups is 1. The van der Waals surface area contributed by atoms with Crippen LogP contribution in [-0.2, 0) is 0 Å². The van der Waals surface area contributed by atoms with Crippen LogP contribution in [-0.4, -0.2) is 29.8 Å². The molecule has 3 unspecified atom stereocenters. The lowest BCUT2D eigenvalue weighted by molar-refractivity contribution is 0.103. The third kappa shape index (κ3) is 4.84. The Balaban J connectivity index is 2.14. The van der Waals surface area contributed by atoms with E-state index in [1.54, 1.807) is 0 Å². The molecule has 0 spiro atoms. The van der Waals surface area contributed by atoms with E-state index < -0.39 is 6.10 Å². The molecule has 0 aliphatic heterocycles. The number of aliphatic hydroxyl groups is 1. The van der Waals surface area contributed by atoms with Gasteiger partial charge in [-0.1, -0.05) is 40.0 Å². The van der Waals surface area contributed by atoms with E-state index in [9.17, 15) is 9.90 Å². The molecule has 4 heteroatoms. The number of aliphatic hydroxyl groups excluding tert-OH is 1. The molecule has 1 rings (SSSR count). The van der Waals surface area contributed by atoms with Crippen molar-refractivity contribution in [3.63, 3.8) is 0 Å². The fourth-order valence-electron chi connectivity index (χ4n) is 2.53. The first-order chi connectivity index (χ1) is 8.62. The van der Waals surface area contributed by atoms with Gasteiger partial charge in [-0.25, -0.2) is 4.79 Å². The topological polar surface area (TPSA) is 61.4 Å². The van der Waals surface area contributed by atoms with Gasteiger partial charge in [0.05, 0.1) is 6.10 Å². The summed E-state index contributed by atoms with van der Waals surface area (Å²) in [6, 6.07) is 0.221. The largest absolute Gasteiger partial charge is 0.391 e. The van der Waals surface area contributed by atoms with Gasteiger partial charge in [-0.3, -0.25) is 0 Å². The second kappa shape index (κ2) is 7.62. The van der Waals surface area contributed by atoms with Gasteiger partial charge in [0.25, 0.3) is 0 Å². The Kier molecular flexibility index (Phi) is 6.47. The highest BCUT2D eigenvalue weighted by Gasteiger charge is 2.37. The summed E-state index contributed by atoms with van der Waals surface area (Å²) in [5.41, 5.74) is 0. The first kappa shape index (κ1) is 15.3. The van der Waals surface area contributed by atoms with Crippen LogP contribution in [0.4, 0.5) is 4.79 Å². The number of hydrogen-bond acceptors (Lipinski definition) is 2. The zero-order valence-corrected chi connectivity index (χ0v) is 11.9. The Bertz CT molecular complexity index is 254. The van der Waals surface area contributed by atoms with Crippen LogP contribution in [0.25, 0.3) is 0 Å². The van der Waals surface area contributed by atoms with Gasteiger partial charge in [0, 0.05) is 12.6 Å². The second-order valence-electron chi connectivity index (χ2n) is 5.39. The van der Waals surface area contributed by atoms with E-state index in [0.29, 0.717) is 18.5 Å². The summed E-state index contributed by atoms with van der Waals surface area (Å²) in [7, 11) is 0. The molecular weight excluding hydrogens is 228 g/mol. The number of hydrogen-bond donors (Lipinski definition) is 3. The van der Waals surface area contributed by atoms with Crippen LogP contribution in [0.3, 0.4) is 0 Å². The average Bonchev–Trinajstić information content (AvgIpc) is 3.06.